The van der Waals surface area contributed by atoms with Crippen molar-refractivity contribution in [2.45, 2.75) is 11.6 Å². The molecule has 3 heterocycles. The topological polar surface area (TPSA) is 80.3 Å². The quantitative estimate of drug-likeness (QED) is 0.790. The van der Waals surface area contributed by atoms with Gasteiger partial charge in [-0.25, -0.2) is 0 Å². The lowest BCUT2D eigenvalue weighted by Gasteiger charge is -2.54. The number of likely N-dealkylation sites (N-methyl/N-ethyl adjacent to an activating group) is 2. The molecule has 2 amide bonds. The van der Waals surface area contributed by atoms with E-state index >= 15 is 0 Å². The summed E-state index contributed by atoms with van der Waals surface area (Å²) in [6.07, 6.45) is 0. The Balaban J connectivity index is 1.39. The molecule has 0 saturated carbocycles. The van der Waals surface area contributed by atoms with E-state index in [2.05, 4.69) is 5.32 Å². The molecule has 2 saturated heterocycles. The predicted octanol–water partition coefficient (Wildman–Crippen LogP) is -0.313. The molecule has 8 nitrogen and oxygen atoms in total. The summed E-state index contributed by atoms with van der Waals surface area (Å²) in [6, 6.07) is 4.93. The average Bonchev–Trinajstić information content (AvgIpc) is 3.05. The highest BCUT2D eigenvalue weighted by atomic mass is 16.7. The molecule has 0 bridgehead atoms. The second-order valence-corrected chi connectivity index (χ2v) is 6.77. The van der Waals surface area contributed by atoms with Gasteiger partial charge in [-0.15, -0.1) is 0 Å². The Labute approximate surface area is 145 Å². The minimum absolute atomic E-state index is 0.0510. The van der Waals surface area contributed by atoms with Gasteiger partial charge in [0.05, 0.1) is 19.7 Å². The van der Waals surface area contributed by atoms with Crippen LogP contribution in [-0.2, 0) is 9.53 Å². The average molecular weight is 347 g/mol. The number of carbonyl (C=O) groups excluding carboxylic acids is 2. The van der Waals surface area contributed by atoms with E-state index in [0.29, 0.717) is 43.3 Å². The van der Waals surface area contributed by atoms with Gasteiger partial charge in [-0.05, 0) is 25.2 Å². The first-order valence-electron chi connectivity index (χ1n) is 8.26. The van der Waals surface area contributed by atoms with Crippen LogP contribution in [0.3, 0.4) is 0 Å². The van der Waals surface area contributed by atoms with Crippen molar-refractivity contribution < 1.29 is 23.8 Å². The third kappa shape index (κ3) is 2.71. The van der Waals surface area contributed by atoms with Crippen molar-refractivity contribution in [2.24, 2.45) is 0 Å². The number of amides is 2. The molecule has 0 aromatic heterocycles. The number of hydrogen-bond acceptors (Lipinski definition) is 6. The number of carbonyl (C=O) groups is 2. The number of morpholine rings is 1. The zero-order valence-electron chi connectivity index (χ0n) is 14.3. The van der Waals surface area contributed by atoms with Crippen LogP contribution in [0.4, 0.5) is 0 Å². The SMILES string of the molecule is CNC(=O)C1COC2(CN(C(=O)c3ccc4c(c3)OCO4)C2)CN1C. The molecule has 3 aliphatic heterocycles. The van der Waals surface area contributed by atoms with Crippen LogP contribution in [0.25, 0.3) is 0 Å². The Morgan fingerprint density at radius 1 is 1.20 bits per heavy atom. The van der Waals surface area contributed by atoms with Crippen molar-refractivity contribution in [2.75, 3.05) is 47.1 Å². The minimum atomic E-state index is -0.384. The highest BCUT2D eigenvalue weighted by Gasteiger charge is 2.51. The van der Waals surface area contributed by atoms with Crippen molar-refractivity contribution in [3.63, 3.8) is 0 Å². The summed E-state index contributed by atoms with van der Waals surface area (Å²) in [6.45, 7) is 2.18. The number of hydrogen-bond donors (Lipinski definition) is 1. The van der Waals surface area contributed by atoms with Crippen molar-refractivity contribution in [1.29, 1.82) is 0 Å². The Morgan fingerprint density at radius 3 is 2.68 bits per heavy atom. The van der Waals surface area contributed by atoms with Crippen molar-refractivity contribution in [3.8, 4) is 11.5 Å². The van der Waals surface area contributed by atoms with Crippen molar-refractivity contribution in [3.05, 3.63) is 23.8 Å². The Hall–Kier alpha value is -2.32. The molecule has 1 aromatic carbocycles. The zero-order chi connectivity index (χ0) is 17.6. The van der Waals surface area contributed by atoms with Crippen LogP contribution in [-0.4, -0.2) is 80.4 Å². The second-order valence-electron chi connectivity index (χ2n) is 6.77. The van der Waals surface area contributed by atoms with Crippen LogP contribution in [0.2, 0.25) is 0 Å². The molecule has 1 aromatic rings. The Bertz CT molecular complexity index is 716. The smallest absolute Gasteiger partial charge is 0.254 e. The van der Waals surface area contributed by atoms with Gasteiger partial charge in [-0.1, -0.05) is 0 Å². The molecule has 3 aliphatic rings. The number of benzene rings is 1. The molecule has 134 valence electrons. The maximum Gasteiger partial charge on any atom is 0.254 e. The highest BCUT2D eigenvalue weighted by Crippen LogP contribution is 2.35. The van der Waals surface area contributed by atoms with Gasteiger partial charge in [0, 0.05) is 19.2 Å². The molecule has 1 atom stereocenters. The summed E-state index contributed by atoms with van der Waals surface area (Å²) in [7, 11) is 3.53. The van der Waals surface area contributed by atoms with Crippen LogP contribution >= 0.6 is 0 Å². The molecule has 0 aliphatic carbocycles. The lowest BCUT2D eigenvalue weighted by Crippen LogP contribution is -2.73. The lowest BCUT2D eigenvalue weighted by atomic mass is 9.90. The molecule has 0 radical (unpaired) electrons. The van der Waals surface area contributed by atoms with Crippen molar-refractivity contribution in [1.82, 2.24) is 15.1 Å². The van der Waals surface area contributed by atoms with Gasteiger partial charge in [-0.3, -0.25) is 14.5 Å². The number of nitrogens with zero attached hydrogens (tertiary/aromatic N) is 2. The van der Waals surface area contributed by atoms with Gasteiger partial charge in [0.1, 0.15) is 11.6 Å². The molecule has 2 fully saturated rings. The summed E-state index contributed by atoms with van der Waals surface area (Å²) in [5.74, 6) is 1.16. The Kier molecular flexibility index (Phi) is 3.81. The standard InChI is InChI=1S/C17H21N3O5/c1-18-15(21)12-6-25-17(7-19(12)2)8-20(9-17)16(22)11-3-4-13-14(5-11)24-10-23-13/h3-5,12H,6-10H2,1-2H3,(H,18,21). The zero-order valence-corrected chi connectivity index (χ0v) is 14.3. The van der Waals surface area contributed by atoms with Crippen LogP contribution in [0.1, 0.15) is 10.4 Å². The summed E-state index contributed by atoms with van der Waals surface area (Å²) in [5, 5.41) is 2.65. The van der Waals surface area contributed by atoms with Gasteiger partial charge in [-0.2, -0.15) is 0 Å². The molecule has 1 N–H and O–H groups in total. The monoisotopic (exact) mass is 347 g/mol. The van der Waals surface area contributed by atoms with E-state index < -0.39 is 0 Å². The number of nitrogens with one attached hydrogen (secondary N) is 1. The third-order valence-electron chi connectivity index (χ3n) is 5.03. The van der Waals surface area contributed by atoms with Crippen LogP contribution < -0.4 is 14.8 Å². The van der Waals surface area contributed by atoms with E-state index in [1.165, 1.54) is 0 Å². The molecular weight excluding hydrogens is 326 g/mol. The predicted molar refractivity (Wildman–Crippen MR) is 87.6 cm³/mol. The first kappa shape index (κ1) is 16.2. The highest BCUT2D eigenvalue weighted by molar-refractivity contribution is 5.95. The van der Waals surface area contributed by atoms with Gasteiger partial charge in [0.2, 0.25) is 12.7 Å². The number of rotatable bonds is 2. The molecule has 25 heavy (non-hydrogen) atoms. The van der Waals surface area contributed by atoms with E-state index in [9.17, 15) is 9.59 Å². The molecule has 1 unspecified atom stereocenters. The van der Waals surface area contributed by atoms with Gasteiger partial charge in [0.15, 0.2) is 11.5 Å². The van der Waals surface area contributed by atoms with Gasteiger partial charge < -0.3 is 24.4 Å². The number of likely N-dealkylation sites (tertiary alicyclic amines) is 1. The molecular formula is C17H21N3O5. The maximum absolute atomic E-state index is 12.6. The fraction of sp³-hybridized carbons (Fsp3) is 0.529. The Morgan fingerprint density at radius 2 is 1.96 bits per heavy atom. The first-order chi connectivity index (χ1) is 12.0. The summed E-state index contributed by atoms with van der Waals surface area (Å²) < 4.78 is 16.6. The van der Waals surface area contributed by atoms with E-state index in [1.54, 1.807) is 30.1 Å². The molecule has 4 rings (SSSR count). The van der Waals surface area contributed by atoms with E-state index in [1.807, 2.05) is 11.9 Å². The van der Waals surface area contributed by atoms with E-state index in [4.69, 9.17) is 14.2 Å². The molecule has 1 spiro atoms. The first-order valence-corrected chi connectivity index (χ1v) is 8.26. The van der Waals surface area contributed by atoms with Crippen LogP contribution in [0, 0.1) is 0 Å². The normalized spacial score (nSPS) is 24.1. The maximum atomic E-state index is 12.6. The second kappa shape index (κ2) is 5.89. The minimum Gasteiger partial charge on any atom is -0.454 e. The van der Waals surface area contributed by atoms with E-state index in [0.717, 1.165) is 0 Å². The third-order valence-corrected chi connectivity index (χ3v) is 5.03. The van der Waals surface area contributed by atoms with Crippen LogP contribution in [0.5, 0.6) is 11.5 Å². The van der Waals surface area contributed by atoms with Gasteiger partial charge in [0.25, 0.3) is 5.91 Å². The van der Waals surface area contributed by atoms with Crippen LogP contribution in [0.15, 0.2) is 18.2 Å². The molecule has 8 heteroatoms. The van der Waals surface area contributed by atoms with Gasteiger partial charge >= 0.3 is 0 Å². The fourth-order valence-corrected chi connectivity index (χ4v) is 3.63. The largest absolute Gasteiger partial charge is 0.454 e. The number of fused-ring (bicyclic) bond motifs is 1. The fourth-order valence-electron chi connectivity index (χ4n) is 3.63. The summed E-state index contributed by atoms with van der Waals surface area (Å²) >= 11 is 0. The lowest BCUT2D eigenvalue weighted by molar-refractivity contribution is -0.187. The van der Waals surface area contributed by atoms with E-state index in [-0.39, 0.29) is 30.3 Å². The number of ether oxygens (including phenoxy) is 3. The van der Waals surface area contributed by atoms with Crippen molar-refractivity contribution >= 4 is 11.8 Å². The summed E-state index contributed by atoms with van der Waals surface area (Å²) in [4.78, 5) is 28.2. The summed E-state index contributed by atoms with van der Waals surface area (Å²) in [5.41, 5.74) is 0.192.